The highest BCUT2D eigenvalue weighted by Crippen LogP contribution is 2.31. The van der Waals surface area contributed by atoms with Gasteiger partial charge in [-0.3, -0.25) is 0 Å². The molecule has 4 heterocycles. The number of nitrogens with one attached hydrogen (secondary N) is 1. The Kier molecular flexibility index (Phi) is 4.16. The molecule has 0 aliphatic carbocycles. The van der Waals surface area contributed by atoms with Gasteiger partial charge in [-0.2, -0.15) is 11.3 Å². The van der Waals surface area contributed by atoms with Crippen LogP contribution < -0.4 is 10.2 Å². The Bertz CT molecular complexity index is 974. The second-order valence-electron chi connectivity index (χ2n) is 7.07. The molecule has 2 saturated heterocycles. The lowest BCUT2D eigenvalue weighted by Crippen LogP contribution is -2.49. The maximum atomic E-state index is 12.1. The molecule has 3 aromatic rings. The molecule has 1 aromatic carbocycles. The van der Waals surface area contributed by atoms with E-state index in [-0.39, 0.29) is 12.1 Å². The summed E-state index contributed by atoms with van der Waals surface area (Å²) in [6.07, 6.45) is 2.10. The molecule has 1 N–H and O–H groups in total. The van der Waals surface area contributed by atoms with Crippen molar-refractivity contribution in [2.24, 2.45) is 0 Å². The molecule has 138 valence electrons. The van der Waals surface area contributed by atoms with Crippen molar-refractivity contribution in [3.63, 3.8) is 0 Å². The fraction of sp³-hybridized carbons (Fsp3) is 0.350. The molecule has 0 radical (unpaired) electrons. The molecule has 2 fully saturated rings. The summed E-state index contributed by atoms with van der Waals surface area (Å²) in [5.41, 5.74) is 2.02. The number of nitrogens with zero attached hydrogens (tertiary/aromatic N) is 4. The van der Waals surface area contributed by atoms with E-state index in [1.165, 1.54) is 0 Å². The maximum absolute atomic E-state index is 12.1. The molecule has 6 nitrogen and oxygen atoms in total. The van der Waals surface area contributed by atoms with Gasteiger partial charge in [0.05, 0.1) is 11.6 Å². The zero-order valence-electron chi connectivity index (χ0n) is 15.0. The van der Waals surface area contributed by atoms with E-state index in [1.54, 1.807) is 11.3 Å². The number of anilines is 1. The molecule has 0 bridgehead atoms. The molecular weight excluding hydrogens is 358 g/mol. The van der Waals surface area contributed by atoms with Gasteiger partial charge in [0.15, 0.2) is 5.82 Å². The quantitative estimate of drug-likeness (QED) is 0.758. The van der Waals surface area contributed by atoms with Crippen LogP contribution in [0.15, 0.2) is 41.1 Å². The number of thiophene rings is 1. The zero-order valence-corrected chi connectivity index (χ0v) is 15.8. The van der Waals surface area contributed by atoms with Crippen LogP contribution in [0.4, 0.5) is 10.6 Å². The smallest absolute Gasteiger partial charge is 0.317 e. The molecule has 2 amide bonds. The van der Waals surface area contributed by atoms with E-state index in [0.29, 0.717) is 0 Å². The van der Waals surface area contributed by atoms with Crippen LogP contribution in [0.3, 0.4) is 0 Å². The van der Waals surface area contributed by atoms with Crippen molar-refractivity contribution in [1.29, 1.82) is 0 Å². The number of urea groups is 1. The number of piperidine rings is 1. The number of para-hydroxylation sites is 1. The van der Waals surface area contributed by atoms with Crippen LogP contribution in [0, 0.1) is 0 Å². The van der Waals surface area contributed by atoms with E-state index in [4.69, 9.17) is 9.97 Å². The standard InChI is InChI=1S/C20H21N5OS/c26-20-21-8-10-25(20)15-4-3-9-24(12-15)19-16-5-1-2-6-17(16)22-18(23-19)14-7-11-27-13-14/h1-2,5-7,11,13,15H,3-4,8-10,12H2,(H,21,26). The van der Waals surface area contributed by atoms with Crippen molar-refractivity contribution < 1.29 is 4.79 Å². The first-order chi connectivity index (χ1) is 13.3. The lowest BCUT2D eigenvalue weighted by Gasteiger charge is -2.38. The topological polar surface area (TPSA) is 61.4 Å². The Morgan fingerprint density at radius 1 is 1.15 bits per heavy atom. The van der Waals surface area contributed by atoms with Crippen LogP contribution in [0.2, 0.25) is 0 Å². The van der Waals surface area contributed by atoms with Crippen LogP contribution in [-0.2, 0) is 0 Å². The number of aromatic nitrogens is 2. The highest BCUT2D eigenvalue weighted by atomic mass is 32.1. The molecule has 1 atom stereocenters. The molecule has 1 unspecified atom stereocenters. The number of carbonyl (C=O) groups is 1. The van der Waals surface area contributed by atoms with Crippen LogP contribution in [0.5, 0.6) is 0 Å². The number of hydrogen-bond acceptors (Lipinski definition) is 5. The predicted molar refractivity (Wildman–Crippen MR) is 108 cm³/mol. The van der Waals surface area contributed by atoms with Crippen molar-refractivity contribution in [3.05, 3.63) is 41.1 Å². The minimum absolute atomic E-state index is 0.0633. The van der Waals surface area contributed by atoms with Gasteiger partial charge in [0.2, 0.25) is 0 Å². The van der Waals surface area contributed by atoms with E-state index in [2.05, 4.69) is 33.1 Å². The van der Waals surface area contributed by atoms with Crippen molar-refractivity contribution >= 4 is 34.1 Å². The van der Waals surface area contributed by atoms with Gasteiger partial charge in [-0.05, 0) is 36.4 Å². The Labute approximate surface area is 161 Å². The number of hydrogen-bond donors (Lipinski definition) is 1. The minimum atomic E-state index is 0.0633. The van der Waals surface area contributed by atoms with Crippen molar-refractivity contribution in [3.8, 4) is 11.4 Å². The fourth-order valence-electron chi connectivity index (χ4n) is 4.06. The third-order valence-electron chi connectivity index (χ3n) is 5.39. The Morgan fingerprint density at radius 2 is 2.07 bits per heavy atom. The van der Waals surface area contributed by atoms with E-state index in [0.717, 1.165) is 67.1 Å². The largest absolute Gasteiger partial charge is 0.354 e. The average molecular weight is 379 g/mol. The lowest BCUT2D eigenvalue weighted by atomic mass is 10.0. The fourth-order valence-corrected chi connectivity index (χ4v) is 4.69. The normalized spacial score (nSPS) is 20.3. The van der Waals surface area contributed by atoms with Crippen LogP contribution in [-0.4, -0.2) is 53.1 Å². The van der Waals surface area contributed by atoms with Gasteiger partial charge >= 0.3 is 6.03 Å². The highest BCUT2D eigenvalue weighted by Gasteiger charge is 2.32. The zero-order chi connectivity index (χ0) is 18.2. The Morgan fingerprint density at radius 3 is 2.89 bits per heavy atom. The van der Waals surface area contributed by atoms with Gasteiger partial charge in [0.25, 0.3) is 0 Å². The summed E-state index contributed by atoms with van der Waals surface area (Å²) in [5.74, 6) is 1.75. The molecule has 27 heavy (non-hydrogen) atoms. The molecule has 2 aliphatic heterocycles. The molecular formula is C20H21N5OS. The SMILES string of the molecule is O=C1NCCN1C1CCCN(c2nc(-c3ccsc3)nc3ccccc23)C1. The number of amides is 2. The molecule has 2 aromatic heterocycles. The summed E-state index contributed by atoms with van der Waals surface area (Å²) in [4.78, 5) is 26.2. The number of fused-ring (bicyclic) bond motifs is 1. The van der Waals surface area contributed by atoms with Gasteiger partial charge in [-0.1, -0.05) is 12.1 Å². The minimum Gasteiger partial charge on any atom is -0.354 e. The monoisotopic (exact) mass is 379 g/mol. The van der Waals surface area contributed by atoms with Crippen molar-refractivity contribution in [2.75, 3.05) is 31.1 Å². The second kappa shape index (κ2) is 6.81. The Hall–Kier alpha value is -2.67. The van der Waals surface area contributed by atoms with E-state index in [9.17, 15) is 4.79 Å². The summed E-state index contributed by atoms with van der Waals surface area (Å²) in [5, 5.41) is 8.13. The summed E-state index contributed by atoms with van der Waals surface area (Å²) < 4.78 is 0. The number of carbonyl (C=O) groups excluding carboxylic acids is 1. The molecule has 2 aliphatic rings. The van der Waals surface area contributed by atoms with Gasteiger partial charge in [-0.15, -0.1) is 0 Å². The summed E-state index contributed by atoms with van der Waals surface area (Å²) in [7, 11) is 0. The van der Waals surface area contributed by atoms with Crippen molar-refractivity contribution in [2.45, 2.75) is 18.9 Å². The summed E-state index contributed by atoms with van der Waals surface area (Å²) in [6, 6.07) is 10.6. The second-order valence-corrected chi connectivity index (χ2v) is 7.85. The lowest BCUT2D eigenvalue weighted by molar-refractivity contribution is 0.189. The van der Waals surface area contributed by atoms with Gasteiger partial charge in [0.1, 0.15) is 5.82 Å². The number of rotatable bonds is 3. The molecule has 5 rings (SSSR count). The van der Waals surface area contributed by atoms with E-state index >= 15 is 0 Å². The van der Waals surface area contributed by atoms with Crippen LogP contribution in [0.1, 0.15) is 12.8 Å². The van der Waals surface area contributed by atoms with Crippen LogP contribution >= 0.6 is 11.3 Å². The molecule has 7 heteroatoms. The first-order valence-corrected chi connectivity index (χ1v) is 10.3. The van der Waals surface area contributed by atoms with E-state index < -0.39 is 0 Å². The third-order valence-corrected chi connectivity index (χ3v) is 6.07. The summed E-state index contributed by atoms with van der Waals surface area (Å²) >= 11 is 1.65. The van der Waals surface area contributed by atoms with Crippen molar-refractivity contribution in [1.82, 2.24) is 20.2 Å². The third kappa shape index (κ3) is 3.02. The first-order valence-electron chi connectivity index (χ1n) is 9.38. The highest BCUT2D eigenvalue weighted by molar-refractivity contribution is 7.08. The van der Waals surface area contributed by atoms with E-state index in [1.807, 2.05) is 23.1 Å². The van der Waals surface area contributed by atoms with Crippen LogP contribution in [0.25, 0.3) is 22.3 Å². The van der Waals surface area contributed by atoms with Gasteiger partial charge in [-0.25, -0.2) is 14.8 Å². The molecule has 0 saturated carbocycles. The first kappa shape index (κ1) is 16.5. The van der Waals surface area contributed by atoms with Gasteiger partial charge < -0.3 is 15.1 Å². The Balaban J connectivity index is 1.54. The van der Waals surface area contributed by atoms with Gasteiger partial charge in [0, 0.05) is 42.5 Å². The number of benzene rings is 1. The molecule has 0 spiro atoms. The predicted octanol–water partition coefficient (Wildman–Crippen LogP) is 3.35. The maximum Gasteiger partial charge on any atom is 0.317 e. The average Bonchev–Trinajstić information content (AvgIpc) is 3.39. The summed E-state index contributed by atoms with van der Waals surface area (Å²) in [6.45, 7) is 3.31.